The summed E-state index contributed by atoms with van der Waals surface area (Å²) in [6.07, 6.45) is 0. The van der Waals surface area contributed by atoms with Gasteiger partial charge in [0.1, 0.15) is 16.5 Å². The minimum Gasteiger partial charge on any atom is -0.497 e. The highest BCUT2D eigenvalue weighted by Crippen LogP contribution is 2.38. The summed E-state index contributed by atoms with van der Waals surface area (Å²) in [4.78, 5) is 20.6. The number of hydrogen-bond donors (Lipinski definition) is 0. The van der Waals surface area contributed by atoms with Gasteiger partial charge in [0.15, 0.2) is 5.78 Å². The molecule has 5 nitrogen and oxygen atoms in total. The molecule has 4 aromatic rings. The van der Waals surface area contributed by atoms with Gasteiger partial charge in [-0.2, -0.15) is 0 Å². The number of thiophene rings is 1. The Balaban J connectivity index is 1.43. The Bertz CT molecular complexity index is 1240. The normalized spacial score (nSPS) is 14.1. The summed E-state index contributed by atoms with van der Waals surface area (Å²) in [6, 6.07) is 14.1. The first-order valence-corrected chi connectivity index (χ1v) is 11.3. The minimum absolute atomic E-state index is 0.131. The van der Waals surface area contributed by atoms with Crippen LogP contribution in [0.2, 0.25) is 0 Å². The lowest BCUT2D eigenvalue weighted by molar-refractivity contribution is 0.0897. The Morgan fingerprint density at radius 3 is 2.80 bits per heavy atom. The zero-order valence-corrected chi connectivity index (χ0v) is 18.3. The molecule has 0 saturated heterocycles. The first kappa shape index (κ1) is 19.2. The number of Topliss-reactive ketones (excluding diaryl/α,β-unsaturated/α-hetero) is 1. The topological polar surface area (TPSA) is 51.7 Å². The average molecular weight is 437 g/mol. The highest BCUT2D eigenvalue weighted by Gasteiger charge is 2.28. The first-order chi connectivity index (χ1) is 14.7. The van der Waals surface area contributed by atoms with Gasteiger partial charge in [-0.15, -0.1) is 22.7 Å². The minimum atomic E-state index is 0.131. The van der Waals surface area contributed by atoms with Gasteiger partial charge in [-0.3, -0.25) is 9.69 Å². The van der Waals surface area contributed by atoms with Crippen molar-refractivity contribution >= 4 is 38.5 Å². The number of ketones is 1. The molecule has 0 saturated carbocycles. The van der Waals surface area contributed by atoms with Crippen LogP contribution in [0.15, 0.2) is 47.8 Å². The molecule has 0 radical (unpaired) electrons. The first-order valence-electron chi connectivity index (χ1n) is 9.59. The van der Waals surface area contributed by atoms with E-state index in [0.717, 1.165) is 38.2 Å². The molecule has 1 aliphatic heterocycles. The van der Waals surface area contributed by atoms with Crippen molar-refractivity contribution in [3.05, 3.63) is 64.0 Å². The van der Waals surface area contributed by atoms with Crippen LogP contribution in [0.4, 0.5) is 0 Å². The molecule has 7 heteroatoms. The van der Waals surface area contributed by atoms with Crippen molar-refractivity contribution in [2.75, 3.05) is 20.8 Å². The number of fused-ring (bicyclic) bond motifs is 2. The van der Waals surface area contributed by atoms with Gasteiger partial charge in [0.05, 0.1) is 31.3 Å². The summed E-state index contributed by atoms with van der Waals surface area (Å²) in [7, 11) is 3.28. The van der Waals surface area contributed by atoms with Crippen molar-refractivity contribution in [1.29, 1.82) is 0 Å². The van der Waals surface area contributed by atoms with E-state index >= 15 is 0 Å². The molecule has 5 rings (SSSR count). The zero-order valence-electron chi connectivity index (χ0n) is 16.7. The number of nitrogens with zero attached hydrogens (tertiary/aromatic N) is 2. The Labute approximate surface area is 182 Å². The van der Waals surface area contributed by atoms with Crippen molar-refractivity contribution < 1.29 is 14.3 Å². The Kier molecular flexibility index (Phi) is 5.02. The predicted octanol–water partition coefficient (Wildman–Crippen LogP) is 5.24. The number of carbonyl (C=O) groups is 1. The van der Waals surface area contributed by atoms with Crippen LogP contribution in [-0.2, 0) is 13.1 Å². The highest BCUT2D eigenvalue weighted by atomic mass is 32.1. The maximum Gasteiger partial charge on any atom is 0.188 e. The van der Waals surface area contributed by atoms with Crippen LogP contribution in [0, 0.1) is 0 Å². The summed E-state index contributed by atoms with van der Waals surface area (Å²) < 4.78 is 12.0. The third kappa shape index (κ3) is 3.39. The van der Waals surface area contributed by atoms with E-state index in [2.05, 4.69) is 22.4 Å². The van der Waals surface area contributed by atoms with Crippen LogP contribution in [-0.4, -0.2) is 36.4 Å². The lowest BCUT2D eigenvalue weighted by atomic mass is 10.1. The molecule has 2 aromatic heterocycles. The number of ether oxygens (including phenoxy) is 2. The van der Waals surface area contributed by atoms with Crippen molar-refractivity contribution in [3.63, 3.8) is 0 Å². The summed E-state index contributed by atoms with van der Waals surface area (Å²) >= 11 is 3.23. The molecule has 0 atom stereocenters. The quantitative estimate of drug-likeness (QED) is 0.428. The standard InChI is InChI=1S/C23H20N2O3S2/c1-27-15-8-7-14(20(9-15)28-2)10-25-11-18-22(19(26)12-25)30-23(24-18)17-13-29-21-6-4-3-5-16(17)21/h3-9,13H,10-12H2,1-2H3. The number of hydrogen-bond acceptors (Lipinski definition) is 7. The molecule has 0 amide bonds. The number of thiazole rings is 1. The van der Waals surface area contributed by atoms with E-state index in [1.54, 1.807) is 25.6 Å². The second-order valence-corrected chi connectivity index (χ2v) is 9.10. The fourth-order valence-electron chi connectivity index (χ4n) is 3.81. The van der Waals surface area contributed by atoms with Crippen LogP contribution in [0.3, 0.4) is 0 Å². The lowest BCUT2D eigenvalue weighted by Crippen LogP contribution is -2.34. The molecular formula is C23H20N2O3S2. The van der Waals surface area contributed by atoms with Gasteiger partial charge in [-0.1, -0.05) is 24.3 Å². The molecule has 0 N–H and O–H groups in total. The van der Waals surface area contributed by atoms with Crippen LogP contribution < -0.4 is 9.47 Å². The van der Waals surface area contributed by atoms with Crippen LogP contribution in [0.1, 0.15) is 20.9 Å². The molecule has 152 valence electrons. The van der Waals surface area contributed by atoms with Gasteiger partial charge in [-0.25, -0.2) is 4.98 Å². The molecule has 1 aliphatic rings. The van der Waals surface area contributed by atoms with Gasteiger partial charge < -0.3 is 9.47 Å². The lowest BCUT2D eigenvalue weighted by Gasteiger charge is -2.25. The van der Waals surface area contributed by atoms with E-state index in [9.17, 15) is 4.79 Å². The second-order valence-electron chi connectivity index (χ2n) is 7.19. The summed E-state index contributed by atoms with van der Waals surface area (Å²) in [5.74, 6) is 1.64. The third-order valence-electron chi connectivity index (χ3n) is 5.29. The maximum atomic E-state index is 12.9. The second kappa shape index (κ2) is 7.83. The SMILES string of the molecule is COc1ccc(CN2CC(=O)c3sc(-c4csc5ccccc45)nc3C2)c(OC)c1. The van der Waals surface area contributed by atoms with Crippen molar-refractivity contribution in [2.45, 2.75) is 13.1 Å². The smallest absolute Gasteiger partial charge is 0.188 e. The van der Waals surface area contributed by atoms with E-state index in [0.29, 0.717) is 19.6 Å². The van der Waals surface area contributed by atoms with Crippen molar-refractivity contribution in [2.24, 2.45) is 0 Å². The average Bonchev–Trinajstić information content (AvgIpc) is 3.38. The molecule has 2 aromatic carbocycles. The Hall–Kier alpha value is -2.74. The Morgan fingerprint density at radius 1 is 1.10 bits per heavy atom. The van der Waals surface area contributed by atoms with E-state index < -0.39 is 0 Å². The van der Waals surface area contributed by atoms with Crippen LogP contribution in [0.25, 0.3) is 20.7 Å². The van der Waals surface area contributed by atoms with Gasteiger partial charge in [0, 0.05) is 45.7 Å². The molecule has 0 bridgehead atoms. The van der Waals surface area contributed by atoms with Gasteiger partial charge in [0.2, 0.25) is 0 Å². The monoisotopic (exact) mass is 436 g/mol. The number of aromatic nitrogens is 1. The Morgan fingerprint density at radius 2 is 1.97 bits per heavy atom. The van der Waals surface area contributed by atoms with Gasteiger partial charge in [0.25, 0.3) is 0 Å². The number of benzene rings is 2. The van der Waals surface area contributed by atoms with E-state index in [1.165, 1.54) is 21.4 Å². The summed E-state index contributed by atoms with van der Waals surface area (Å²) in [6.45, 7) is 1.65. The molecule has 0 unspecified atom stereocenters. The number of rotatable bonds is 5. The fourth-order valence-corrected chi connectivity index (χ4v) is 5.87. The molecule has 30 heavy (non-hydrogen) atoms. The van der Waals surface area contributed by atoms with Crippen molar-refractivity contribution in [3.8, 4) is 22.1 Å². The molecule has 3 heterocycles. The predicted molar refractivity (Wildman–Crippen MR) is 121 cm³/mol. The van der Waals surface area contributed by atoms with Crippen LogP contribution >= 0.6 is 22.7 Å². The highest BCUT2D eigenvalue weighted by molar-refractivity contribution is 7.20. The van der Waals surface area contributed by atoms with E-state index in [-0.39, 0.29) is 5.78 Å². The number of carbonyl (C=O) groups excluding carboxylic acids is 1. The van der Waals surface area contributed by atoms with Gasteiger partial charge >= 0.3 is 0 Å². The number of methoxy groups -OCH3 is 2. The fraction of sp³-hybridized carbons (Fsp3) is 0.217. The molecule has 0 aliphatic carbocycles. The molecule has 0 fully saturated rings. The van der Waals surface area contributed by atoms with Crippen molar-refractivity contribution in [1.82, 2.24) is 9.88 Å². The zero-order chi connectivity index (χ0) is 20.7. The van der Waals surface area contributed by atoms with E-state index in [1.807, 2.05) is 30.3 Å². The summed E-state index contributed by atoms with van der Waals surface area (Å²) in [5, 5.41) is 4.26. The molecule has 0 spiro atoms. The maximum absolute atomic E-state index is 12.9. The molecular weight excluding hydrogens is 416 g/mol. The third-order valence-corrected chi connectivity index (χ3v) is 7.43. The summed E-state index contributed by atoms with van der Waals surface area (Å²) in [5.41, 5.74) is 3.01. The van der Waals surface area contributed by atoms with E-state index in [4.69, 9.17) is 14.5 Å². The largest absolute Gasteiger partial charge is 0.497 e. The van der Waals surface area contributed by atoms with Gasteiger partial charge in [-0.05, 0) is 12.1 Å². The van der Waals surface area contributed by atoms with Crippen LogP contribution in [0.5, 0.6) is 11.5 Å².